The molecule has 4 heterocycles. The maximum atomic E-state index is 6.38. The summed E-state index contributed by atoms with van der Waals surface area (Å²) in [6.45, 7) is 7.42. The quantitative estimate of drug-likeness (QED) is 0.801. The van der Waals surface area contributed by atoms with Crippen LogP contribution in [0.4, 0.5) is 0 Å². The molecule has 0 aliphatic carbocycles. The third kappa shape index (κ3) is 4.17. The summed E-state index contributed by atoms with van der Waals surface area (Å²) in [5.74, 6) is 0. The van der Waals surface area contributed by atoms with Crippen LogP contribution in [-0.4, -0.2) is 53.2 Å². The van der Waals surface area contributed by atoms with Gasteiger partial charge in [0.25, 0.3) is 0 Å². The Morgan fingerprint density at radius 1 is 1.23 bits per heavy atom. The van der Waals surface area contributed by atoms with Gasteiger partial charge in [-0.2, -0.15) is 0 Å². The Morgan fingerprint density at radius 2 is 2.00 bits per heavy atom. The second-order valence-electron chi connectivity index (χ2n) is 7.91. The van der Waals surface area contributed by atoms with Crippen molar-refractivity contribution in [1.82, 2.24) is 14.8 Å². The van der Waals surface area contributed by atoms with Crippen LogP contribution in [0.1, 0.15) is 34.6 Å². The van der Waals surface area contributed by atoms with Gasteiger partial charge in [-0.05, 0) is 63.1 Å². The Balaban J connectivity index is 1.28. The van der Waals surface area contributed by atoms with E-state index in [1.807, 2.05) is 23.7 Å². The minimum atomic E-state index is 0.110. The van der Waals surface area contributed by atoms with Gasteiger partial charge >= 0.3 is 0 Å². The Bertz CT molecular complexity index is 709. The molecule has 5 heteroatoms. The number of aryl methyl sites for hydroxylation is 1. The molecule has 1 spiro atoms. The van der Waals surface area contributed by atoms with Crippen LogP contribution in [0, 0.1) is 6.92 Å². The zero-order valence-electron chi connectivity index (χ0n) is 15.9. The molecule has 0 saturated carbocycles. The van der Waals surface area contributed by atoms with Gasteiger partial charge in [-0.3, -0.25) is 14.8 Å². The first-order chi connectivity index (χ1) is 12.6. The number of pyridine rings is 1. The van der Waals surface area contributed by atoms with Crippen LogP contribution in [-0.2, 0) is 17.8 Å². The fraction of sp³-hybridized carbons (Fsp3) is 0.571. The van der Waals surface area contributed by atoms with E-state index in [-0.39, 0.29) is 5.60 Å². The molecule has 4 nitrogen and oxygen atoms in total. The molecule has 2 saturated heterocycles. The van der Waals surface area contributed by atoms with E-state index in [1.165, 1.54) is 21.7 Å². The van der Waals surface area contributed by atoms with Gasteiger partial charge in [0.05, 0.1) is 12.2 Å². The van der Waals surface area contributed by atoms with Crippen LogP contribution in [0.3, 0.4) is 0 Å². The van der Waals surface area contributed by atoms with Crippen LogP contribution in [0.15, 0.2) is 36.7 Å². The number of hydrogen-bond acceptors (Lipinski definition) is 5. The third-order valence-corrected chi connectivity index (χ3v) is 6.92. The number of hydrogen-bond donors (Lipinski definition) is 0. The number of nitrogens with zero attached hydrogens (tertiary/aromatic N) is 3. The van der Waals surface area contributed by atoms with Crippen molar-refractivity contribution in [2.24, 2.45) is 0 Å². The lowest BCUT2D eigenvalue weighted by molar-refractivity contribution is -0.0451. The van der Waals surface area contributed by atoms with Crippen LogP contribution in [0.2, 0.25) is 0 Å². The second-order valence-corrected chi connectivity index (χ2v) is 9.28. The summed E-state index contributed by atoms with van der Waals surface area (Å²) in [4.78, 5) is 12.0. The van der Waals surface area contributed by atoms with Gasteiger partial charge in [0, 0.05) is 54.4 Å². The fourth-order valence-corrected chi connectivity index (χ4v) is 5.20. The fourth-order valence-electron chi connectivity index (χ4n) is 4.27. The number of likely N-dealkylation sites (tertiary alicyclic amines) is 1. The number of likely N-dealkylation sites (N-methyl/N-ethyl adjacent to an activating group) is 1. The van der Waals surface area contributed by atoms with Crippen LogP contribution < -0.4 is 0 Å². The number of ether oxygens (including phenoxy) is 1. The average molecular weight is 372 g/mol. The minimum Gasteiger partial charge on any atom is -0.373 e. The molecule has 2 aliphatic rings. The van der Waals surface area contributed by atoms with E-state index in [0.717, 1.165) is 45.6 Å². The van der Waals surface area contributed by atoms with Gasteiger partial charge in [0.2, 0.25) is 0 Å². The van der Waals surface area contributed by atoms with Crippen molar-refractivity contribution in [3.8, 4) is 0 Å². The smallest absolute Gasteiger partial charge is 0.0723 e. The molecule has 140 valence electrons. The lowest BCUT2D eigenvalue weighted by atomic mass is 9.87. The molecular weight excluding hydrogens is 342 g/mol. The highest BCUT2D eigenvalue weighted by Crippen LogP contribution is 2.38. The van der Waals surface area contributed by atoms with E-state index < -0.39 is 0 Å². The lowest BCUT2D eigenvalue weighted by Gasteiger charge is -2.38. The van der Waals surface area contributed by atoms with Crippen molar-refractivity contribution in [2.45, 2.75) is 50.9 Å². The van der Waals surface area contributed by atoms with Crippen molar-refractivity contribution in [2.75, 3.05) is 26.7 Å². The normalized spacial score (nSPS) is 23.1. The SMILES string of the molecule is Cc1ccc(CN2CCC3(CC2)CC(N(C)Cc2ccncc2)CO3)s1. The Morgan fingerprint density at radius 3 is 2.69 bits per heavy atom. The average Bonchev–Trinajstić information content (AvgIpc) is 3.25. The summed E-state index contributed by atoms with van der Waals surface area (Å²) in [7, 11) is 2.22. The molecule has 2 aliphatic heterocycles. The summed E-state index contributed by atoms with van der Waals surface area (Å²) in [5.41, 5.74) is 1.43. The van der Waals surface area contributed by atoms with Gasteiger partial charge in [-0.25, -0.2) is 0 Å². The van der Waals surface area contributed by atoms with E-state index in [0.29, 0.717) is 6.04 Å². The maximum absolute atomic E-state index is 6.38. The molecule has 2 aromatic rings. The van der Waals surface area contributed by atoms with Crippen molar-refractivity contribution >= 4 is 11.3 Å². The molecule has 1 atom stereocenters. The van der Waals surface area contributed by atoms with Crippen molar-refractivity contribution in [1.29, 1.82) is 0 Å². The summed E-state index contributed by atoms with van der Waals surface area (Å²) >= 11 is 1.93. The molecule has 1 unspecified atom stereocenters. The molecule has 2 fully saturated rings. The number of piperidine rings is 1. The molecular formula is C21H29N3OS. The number of rotatable bonds is 5. The highest BCUT2D eigenvalue weighted by atomic mass is 32.1. The van der Waals surface area contributed by atoms with Crippen molar-refractivity contribution in [3.05, 3.63) is 52.0 Å². The van der Waals surface area contributed by atoms with E-state index in [1.54, 1.807) is 0 Å². The first kappa shape index (κ1) is 18.1. The van der Waals surface area contributed by atoms with Gasteiger partial charge in [0.15, 0.2) is 0 Å². The molecule has 26 heavy (non-hydrogen) atoms. The van der Waals surface area contributed by atoms with Gasteiger partial charge in [0.1, 0.15) is 0 Å². The first-order valence-electron chi connectivity index (χ1n) is 9.63. The van der Waals surface area contributed by atoms with Crippen LogP contribution in [0.5, 0.6) is 0 Å². The Labute approximate surface area is 160 Å². The largest absolute Gasteiger partial charge is 0.373 e. The van der Waals surface area contributed by atoms with Crippen LogP contribution in [0.25, 0.3) is 0 Å². The molecule has 0 amide bonds. The summed E-state index contributed by atoms with van der Waals surface area (Å²) in [5, 5.41) is 0. The molecule has 4 rings (SSSR count). The zero-order valence-corrected chi connectivity index (χ0v) is 16.7. The first-order valence-corrected chi connectivity index (χ1v) is 10.4. The number of aromatic nitrogens is 1. The van der Waals surface area contributed by atoms with Crippen LogP contribution >= 0.6 is 11.3 Å². The lowest BCUT2D eigenvalue weighted by Crippen LogP contribution is -2.44. The van der Waals surface area contributed by atoms with Gasteiger partial charge < -0.3 is 4.74 Å². The van der Waals surface area contributed by atoms with E-state index in [4.69, 9.17) is 4.74 Å². The summed E-state index contributed by atoms with van der Waals surface area (Å²) in [6, 6.07) is 9.24. The highest BCUT2D eigenvalue weighted by Gasteiger charge is 2.43. The topological polar surface area (TPSA) is 28.6 Å². The standard InChI is InChI=1S/C21H29N3OS/c1-17-3-4-20(26-17)15-24-11-7-21(8-12-24)13-19(16-25-21)23(2)14-18-5-9-22-10-6-18/h3-6,9-10,19H,7-8,11-16H2,1-2H3. The monoisotopic (exact) mass is 371 g/mol. The molecule has 0 radical (unpaired) electrons. The third-order valence-electron chi connectivity index (χ3n) is 5.94. The van der Waals surface area contributed by atoms with Crippen molar-refractivity contribution < 1.29 is 4.74 Å². The van der Waals surface area contributed by atoms with Crippen molar-refractivity contribution in [3.63, 3.8) is 0 Å². The van der Waals surface area contributed by atoms with E-state index in [9.17, 15) is 0 Å². The van der Waals surface area contributed by atoms with E-state index >= 15 is 0 Å². The Hall–Kier alpha value is -1.27. The van der Waals surface area contributed by atoms with E-state index in [2.05, 4.69) is 53.0 Å². The predicted molar refractivity (Wildman–Crippen MR) is 106 cm³/mol. The maximum Gasteiger partial charge on any atom is 0.0723 e. The molecule has 0 bridgehead atoms. The second kappa shape index (κ2) is 7.77. The molecule has 0 N–H and O–H groups in total. The molecule has 2 aromatic heterocycles. The summed E-state index contributed by atoms with van der Waals surface area (Å²) < 4.78 is 6.38. The highest BCUT2D eigenvalue weighted by molar-refractivity contribution is 7.11. The predicted octanol–water partition coefficient (Wildman–Crippen LogP) is 3.71. The summed E-state index contributed by atoms with van der Waals surface area (Å²) in [6.07, 6.45) is 7.25. The number of thiophene rings is 1. The molecule has 0 aromatic carbocycles. The minimum absolute atomic E-state index is 0.110. The Kier molecular flexibility index (Phi) is 5.41. The van der Waals surface area contributed by atoms with Gasteiger partial charge in [-0.15, -0.1) is 11.3 Å². The van der Waals surface area contributed by atoms with Gasteiger partial charge in [-0.1, -0.05) is 0 Å². The zero-order chi connectivity index (χ0) is 18.0.